The van der Waals surface area contributed by atoms with Gasteiger partial charge in [0.15, 0.2) is 17.5 Å². The normalized spacial score (nSPS) is 11.6. The second-order valence-electron chi connectivity index (χ2n) is 37.3. The van der Waals surface area contributed by atoms with Gasteiger partial charge in [0.1, 0.15) is 15.0 Å². The summed E-state index contributed by atoms with van der Waals surface area (Å²) in [7, 11) is 0. The van der Waals surface area contributed by atoms with E-state index in [1.54, 1.807) is 34.0 Å². The molecule has 696 valence electrons. The molecule has 30 aromatic rings. The summed E-state index contributed by atoms with van der Waals surface area (Å²) in [4.78, 5) is 46.8. The highest BCUT2D eigenvalue weighted by Crippen LogP contribution is 2.48. The molecule has 0 atom stereocenters. The van der Waals surface area contributed by atoms with Crippen LogP contribution in [0.3, 0.4) is 0 Å². The van der Waals surface area contributed by atoms with Crippen molar-refractivity contribution in [3.05, 3.63) is 497 Å². The average Bonchev–Trinajstić information content (AvgIpc) is 1.24. The quantitative estimate of drug-likeness (QED) is 0.0980. The minimum atomic E-state index is 0.690. The summed E-state index contributed by atoms with van der Waals surface area (Å²) in [5.41, 5.74) is 27.0. The van der Waals surface area contributed by atoms with Crippen molar-refractivity contribution in [3.8, 4) is 150 Å². The van der Waals surface area contributed by atoms with E-state index < -0.39 is 0 Å². The molecule has 8 aromatic heterocycles. The van der Waals surface area contributed by atoms with Crippen LogP contribution in [-0.2, 0) is 0 Å². The van der Waals surface area contributed by atoms with Gasteiger partial charge in [-0.3, -0.25) is 0 Å². The molecule has 0 saturated carbocycles. The van der Waals surface area contributed by atoms with Crippen LogP contribution in [0.5, 0.6) is 0 Å². The van der Waals surface area contributed by atoms with E-state index in [4.69, 9.17) is 44.9 Å². The van der Waals surface area contributed by atoms with Crippen molar-refractivity contribution in [2.45, 2.75) is 0 Å². The Kier molecular flexibility index (Phi) is 22.2. The molecule has 149 heavy (non-hydrogen) atoms. The van der Waals surface area contributed by atoms with Crippen molar-refractivity contribution < 1.29 is 0 Å². The summed E-state index contributed by atoms with van der Waals surface area (Å²) in [5.74, 6) is 2.10. The highest BCUT2D eigenvalue weighted by molar-refractivity contribution is 7.26. The predicted octanol–water partition coefficient (Wildman–Crippen LogP) is 37.3. The topological polar surface area (TPSA) is 121 Å². The molecule has 0 aliphatic heterocycles. The van der Waals surface area contributed by atoms with Crippen molar-refractivity contribution in [1.29, 1.82) is 0 Å². The first-order valence-corrected chi connectivity index (χ1v) is 53.0. The van der Waals surface area contributed by atoms with Gasteiger partial charge in [0.05, 0.1) is 75.8 Å². The molecule has 10 nitrogen and oxygen atoms in total. The smallest absolute Gasteiger partial charge is 0.160 e. The zero-order valence-electron chi connectivity index (χ0n) is 79.9. The number of hydrogen-bond donors (Lipinski definition) is 0. The van der Waals surface area contributed by atoms with Crippen LogP contribution in [0.1, 0.15) is 0 Å². The first-order chi connectivity index (χ1) is 73.8. The summed E-state index contributed by atoms with van der Waals surface area (Å²) in [6.45, 7) is 0. The third-order valence-electron chi connectivity index (χ3n) is 28.2. The Balaban J connectivity index is 0.000000108. The van der Waals surface area contributed by atoms with Gasteiger partial charge in [0, 0.05) is 120 Å². The number of thiophene rings is 1. The fourth-order valence-corrected chi connectivity index (χ4v) is 25.2. The molecule has 0 N–H and O–H groups in total. The summed E-state index contributed by atoms with van der Waals surface area (Å²) in [5, 5.41) is 22.1. The number of aromatic nitrogens is 10. The zero-order valence-corrected chi connectivity index (χ0v) is 83.2. The number of fused-ring (bicyclic) bond motifs is 21. The fourth-order valence-electron chi connectivity index (χ4n) is 21.1. The van der Waals surface area contributed by atoms with Gasteiger partial charge in [-0.2, -0.15) is 0 Å². The van der Waals surface area contributed by atoms with E-state index >= 15 is 0 Å². The van der Waals surface area contributed by atoms with Gasteiger partial charge in [0.2, 0.25) is 0 Å². The lowest BCUT2D eigenvalue weighted by atomic mass is 9.96. The van der Waals surface area contributed by atoms with Crippen LogP contribution in [0.25, 0.3) is 287 Å². The first kappa shape index (κ1) is 88.1. The van der Waals surface area contributed by atoms with Gasteiger partial charge in [-0.25, -0.2) is 44.9 Å². The number of nitrogens with zero attached hydrogens (tertiary/aromatic N) is 10. The first-order valence-electron chi connectivity index (χ1n) is 49.7. The lowest BCUT2D eigenvalue weighted by molar-refractivity contribution is 1.17. The number of hydrogen-bond acceptors (Lipinski definition) is 13. The van der Waals surface area contributed by atoms with Gasteiger partial charge in [-0.05, 0) is 145 Å². The molecule has 0 amide bonds. The van der Waals surface area contributed by atoms with Gasteiger partial charge >= 0.3 is 0 Å². The van der Waals surface area contributed by atoms with Crippen LogP contribution in [0.4, 0.5) is 0 Å². The lowest BCUT2D eigenvalue weighted by Crippen LogP contribution is -1.97. The minimum absolute atomic E-state index is 0.690. The Morgan fingerprint density at radius 3 is 0.926 bits per heavy atom. The lowest BCUT2D eigenvalue weighted by Gasteiger charge is -2.13. The Morgan fingerprint density at radius 1 is 0.161 bits per heavy atom. The Labute approximate surface area is 872 Å². The molecule has 0 aliphatic rings. The molecule has 0 spiro atoms. The number of para-hydroxylation sites is 2. The predicted molar refractivity (Wildman–Crippen MR) is 629 cm³/mol. The maximum absolute atomic E-state index is 5.29. The third-order valence-corrected chi connectivity index (χ3v) is 32.7. The third kappa shape index (κ3) is 16.3. The Morgan fingerprint density at radius 2 is 0.477 bits per heavy atom. The van der Waals surface area contributed by atoms with Crippen LogP contribution >= 0.6 is 45.3 Å². The second-order valence-corrected chi connectivity index (χ2v) is 41.4. The SMILES string of the molecule is c1ccc(-c2cc(-c3ccc4c5ccccc5n(-c5ccccc5)c4c3)nc(-c3ccc4c(ccc5ccc6sc(-c7ccccc7)nc6c54)c3)n2)cc1.c1ccc(-c2cc(-c3cccc4c3sc3ccccc34)nc(-c3ccc4c(ccc5ccc6sc(-c7ccccc7)nc6c54)c3)n2)cc1.c1ccc(-c2cc(-c3ccccc3-c3ccccc3)nc(-c3ccc4c(ccc5ccc6sc(-c7ccccc7)nc6c54)c3)n2)cc1. The summed E-state index contributed by atoms with van der Waals surface area (Å²) >= 11 is 7.05. The van der Waals surface area contributed by atoms with E-state index in [2.05, 4.69) is 460 Å². The molecule has 0 radical (unpaired) electrons. The Hall–Kier alpha value is -18.7. The number of rotatable bonds is 14. The molecule has 0 aliphatic carbocycles. The minimum Gasteiger partial charge on any atom is -0.309 e. The standard InChI is InChI=1S/C49H30N4S.C43H25N3S2.C43H27N3S/c1-4-12-31(13-5-1)41-30-42(35-22-26-40-39-18-10-11-19-43(39)53(44(40)29-35)37-16-8-3-9-17-37)51-48(50-41)36-23-25-38-34(28-36)21-20-32-24-27-45-47(46(32)38)52-49(54-45)33-14-6-2-7-15-33;1-3-10-26(11-4-1)35-25-36(34-16-9-15-33-32-14-7-8-17-37(32)47-41(33)34)45-42(44-35)30-20-22-31-29(24-30)19-18-27-21-23-38-40(39(27)31)46-43(48-38)28-12-5-2-6-13-28;1-4-12-28(13-5-1)34-18-10-11-19-36(34)38-27-37(29-14-6-2-7-15-29)44-42(45-38)33-22-24-35-32(26-33)21-20-30-23-25-39-41(40(30)35)46-43(47-39)31-16-8-3-9-17-31/h1-30H;1-25H;1-27H. The maximum Gasteiger partial charge on any atom is 0.160 e. The summed E-state index contributed by atoms with van der Waals surface area (Å²) in [6.07, 6.45) is 0. The molecule has 0 fully saturated rings. The molecule has 0 unspecified atom stereocenters. The molecule has 0 bridgehead atoms. The van der Waals surface area contributed by atoms with Gasteiger partial charge < -0.3 is 4.57 Å². The highest BCUT2D eigenvalue weighted by atomic mass is 32.1. The van der Waals surface area contributed by atoms with E-state index in [0.717, 1.165) is 171 Å². The van der Waals surface area contributed by atoms with Crippen molar-refractivity contribution in [1.82, 2.24) is 49.4 Å². The summed E-state index contributed by atoms with van der Waals surface area (Å²) in [6, 6.07) is 175. The van der Waals surface area contributed by atoms with Crippen molar-refractivity contribution >= 4 is 183 Å². The molecular weight excluding hydrogens is 1890 g/mol. The molecule has 30 rings (SSSR count). The average molecular weight is 1970 g/mol. The second kappa shape index (κ2) is 37.5. The van der Waals surface area contributed by atoms with Crippen molar-refractivity contribution in [2.75, 3.05) is 0 Å². The van der Waals surface area contributed by atoms with Crippen molar-refractivity contribution in [3.63, 3.8) is 0 Å². The molecule has 0 saturated heterocycles. The number of thiazole rings is 3. The Bertz CT molecular complexity index is 10500. The van der Waals surface area contributed by atoms with E-state index in [1.165, 1.54) is 99.0 Å². The van der Waals surface area contributed by atoms with Crippen LogP contribution in [0.15, 0.2) is 497 Å². The zero-order chi connectivity index (χ0) is 98.4. The molecule has 14 heteroatoms. The van der Waals surface area contributed by atoms with E-state index in [0.29, 0.717) is 17.5 Å². The van der Waals surface area contributed by atoms with Crippen LogP contribution in [0, 0.1) is 0 Å². The fraction of sp³-hybridized carbons (Fsp3) is 0. The van der Waals surface area contributed by atoms with Gasteiger partial charge in [0.25, 0.3) is 0 Å². The van der Waals surface area contributed by atoms with E-state index in [-0.39, 0.29) is 0 Å². The summed E-state index contributed by atoms with van der Waals surface area (Å²) < 4.78 is 8.44. The largest absolute Gasteiger partial charge is 0.309 e. The van der Waals surface area contributed by atoms with Crippen molar-refractivity contribution in [2.24, 2.45) is 0 Å². The van der Waals surface area contributed by atoms with Crippen LogP contribution in [0.2, 0.25) is 0 Å². The monoisotopic (exact) mass is 1970 g/mol. The van der Waals surface area contributed by atoms with Crippen LogP contribution < -0.4 is 0 Å². The van der Waals surface area contributed by atoms with Gasteiger partial charge in [-0.15, -0.1) is 45.3 Å². The highest BCUT2D eigenvalue weighted by Gasteiger charge is 2.25. The van der Waals surface area contributed by atoms with E-state index in [9.17, 15) is 0 Å². The van der Waals surface area contributed by atoms with E-state index in [1.807, 2.05) is 53.8 Å². The van der Waals surface area contributed by atoms with Gasteiger partial charge in [-0.1, -0.05) is 413 Å². The van der Waals surface area contributed by atoms with Crippen LogP contribution in [-0.4, -0.2) is 49.4 Å². The maximum atomic E-state index is 5.29. The molecule has 8 heterocycles. The molecule has 22 aromatic carbocycles. The number of benzene rings is 22. The molecular formula is C135H82N10S4.